The molecule has 0 unspecified atom stereocenters. The van der Waals surface area contributed by atoms with Crippen LogP contribution in [0.4, 0.5) is 5.69 Å². The second-order valence-electron chi connectivity index (χ2n) is 5.30. The van der Waals surface area contributed by atoms with Crippen molar-refractivity contribution in [1.82, 2.24) is 15.5 Å². The van der Waals surface area contributed by atoms with Crippen LogP contribution >= 0.6 is 0 Å². The van der Waals surface area contributed by atoms with Crippen LogP contribution in [0.2, 0.25) is 0 Å². The molecule has 1 amide bonds. The molecule has 0 aromatic carbocycles. The number of carbonyl (C=O) groups is 1. The number of aryl methyl sites for hydroxylation is 1. The highest BCUT2D eigenvalue weighted by atomic mass is 16.2. The summed E-state index contributed by atoms with van der Waals surface area (Å²) in [4.78, 5) is 12.1. The van der Waals surface area contributed by atoms with Crippen LogP contribution in [0.1, 0.15) is 63.1 Å². The highest BCUT2D eigenvalue weighted by molar-refractivity contribution is 5.98. The van der Waals surface area contributed by atoms with Crippen LogP contribution in [0, 0.1) is 0 Å². The van der Waals surface area contributed by atoms with Crippen LogP contribution < -0.4 is 11.1 Å². The molecule has 5 nitrogen and oxygen atoms in total. The maximum absolute atomic E-state index is 12.1. The molecule has 5 heteroatoms. The second kappa shape index (κ2) is 5.89. The summed E-state index contributed by atoms with van der Waals surface area (Å²) in [6.45, 7) is 8.16. The van der Waals surface area contributed by atoms with Crippen molar-refractivity contribution in [3.05, 3.63) is 11.4 Å². The molecule has 0 saturated heterocycles. The van der Waals surface area contributed by atoms with E-state index in [9.17, 15) is 4.79 Å². The molecule has 102 valence electrons. The molecule has 0 atom stereocenters. The summed E-state index contributed by atoms with van der Waals surface area (Å²) in [7, 11) is 0. The van der Waals surface area contributed by atoms with Crippen LogP contribution in [0.15, 0.2) is 0 Å². The molecule has 0 aliphatic heterocycles. The molecule has 0 spiro atoms. The predicted octanol–water partition coefficient (Wildman–Crippen LogP) is 2.25. The first-order valence-electron chi connectivity index (χ1n) is 6.56. The lowest BCUT2D eigenvalue weighted by Gasteiger charge is -2.25. The van der Waals surface area contributed by atoms with Gasteiger partial charge in [-0.25, -0.2) is 0 Å². The Labute approximate surface area is 109 Å². The second-order valence-corrected chi connectivity index (χ2v) is 5.30. The Balaban J connectivity index is 2.79. The number of H-pyrrole nitrogens is 1. The first-order chi connectivity index (χ1) is 8.41. The van der Waals surface area contributed by atoms with Crippen LogP contribution in [0.5, 0.6) is 0 Å². The van der Waals surface area contributed by atoms with E-state index >= 15 is 0 Å². The van der Waals surface area contributed by atoms with E-state index in [4.69, 9.17) is 5.73 Å². The number of hydrogen-bond donors (Lipinski definition) is 3. The van der Waals surface area contributed by atoms with Gasteiger partial charge in [-0.1, -0.05) is 26.7 Å². The third kappa shape index (κ3) is 3.48. The van der Waals surface area contributed by atoms with Gasteiger partial charge in [0, 0.05) is 5.54 Å². The molecule has 0 aliphatic carbocycles. The topological polar surface area (TPSA) is 83.8 Å². The average molecular weight is 252 g/mol. The highest BCUT2D eigenvalue weighted by Gasteiger charge is 2.23. The molecule has 18 heavy (non-hydrogen) atoms. The monoisotopic (exact) mass is 252 g/mol. The quantitative estimate of drug-likeness (QED) is 0.726. The van der Waals surface area contributed by atoms with Gasteiger partial charge in [-0.05, 0) is 26.7 Å². The highest BCUT2D eigenvalue weighted by Crippen LogP contribution is 2.17. The van der Waals surface area contributed by atoms with E-state index in [1.165, 1.54) is 0 Å². The summed E-state index contributed by atoms with van der Waals surface area (Å²) >= 11 is 0. The molecule has 0 bridgehead atoms. The maximum Gasteiger partial charge on any atom is 0.274 e. The lowest BCUT2D eigenvalue weighted by Crippen LogP contribution is -2.43. The largest absolute Gasteiger partial charge is 0.395 e. The van der Waals surface area contributed by atoms with Gasteiger partial charge in [0.05, 0.1) is 11.4 Å². The van der Waals surface area contributed by atoms with Gasteiger partial charge in [0.2, 0.25) is 0 Å². The van der Waals surface area contributed by atoms with Gasteiger partial charge in [0.15, 0.2) is 5.69 Å². The molecule has 1 heterocycles. The summed E-state index contributed by atoms with van der Waals surface area (Å²) in [5.41, 5.74) is 7.32. The number of carbonyl (C=O) groups excluding carboxylic acids is 1. The summed E-state index contributed by atoms with van der Waals surface area (Å²) in [5, 5.41) is 9.82. The normalized spacial score (nSPS) is 11.6. The number of amides is 1. The van der Waals surface area contributed by atoms with E-state index < -0.39 is 0 Å². The Bertz CT molecular complexity index is 409. The fourth-order valence-corrected chi connectivity index (χ4v) is 2.05. The molecule has 0 saturated carbocycles. The van der Waals surface area contributed by atoms with Crippen molar-refractivity contribution in [1.29, 1.82) is 0 Å². The predicted molar refractivity (Wildman–Crippen MR) is 73.4 cm³/mol. The van der Waals surface area contributed by atoms with Gasteiger partial charge < -0.3 is 11.1 Å². The van der Waals surface area contributed by atoms with Gasteiger partial charge in [0.1, 0.15) is 0 Å². The molecule has 4 N–H and O–H groups in total. The molecule has 1 rings (SSSR count). The molecular formula is C13H24N4O. The van der Waals surface area contributed by atoms with Crippen molar-refractivity contribution in [3.63, 3.8) is 0 Å². The molecule has 0 radical (unpaired) electrons. The van der Waals surface area contributed by atoms with Crippen LogP contribution in [-0.2, 0) is 6.42 Å². The van der Waals surface area contributed by atoms with Crippen LogP contribution in [0.25, 0.3) is 0 Å². The Morgan fingerprint density at radius 1 is 1.39 bits per heavy atom. The minimum absolute atomic E-state index is 0.204. The van der Waals surface area contributed by atoms with E-state index in [-0.39, 0.29) is 11.4 Å². The van der Waals surface area contributed by atoms with Crippen molar-refractivity contribution >= 4 is 11.6 Å². The molecular weight excluding hydrogens is 228 g/mol. The van der Waals surface area contributed by atoms with Crippen molar-refractivity contribution < 1.29 is 4.79 Å². The number of nitrogens with two attached hydrogens (primary N) is 1. The number of nitrogen functional groups attached to an aromatic ring is 1. The number of hydrogen-bond acceptors (Lipinski definition) is 3. The van der Waals surface area contributed by atoms with E-state index in [0.717, 1.165) is 31.4 Å². The van der Waals surface area contributed by atoms with E-state index in [0.29, 0.717) is 11.4 Å². The third-order valence-corrected chi connectivity index (χ3v) is 2.92. The van der Waals surface area contributed by atoms with E-state index in [1.54, 1.807) is 0 Å². The lowest BCUT2D eigenvalue weighted by atomic mass is 9.98. The Kier molecular flexibility index (Phi) is 4.76. The zero-order valence-corrected chi connectivity index (χ0v) is 11.8. The number of nitrogens with one attached hydrogen (secondary N) is 2. The van der Waals surface area contributed by atoms with Crippen molar-refractivity contribution in [2.24, 2.45) is 0 Å². The molecule has 1 aromatic heterocycles. The van der Waals surface area contributed by atoms with Crippen molar-refractivity contribution in [2.45, 2.75) is 58.9 Å². The Morgan fingerprint density at radius 3 is 2.61 bits per heavy atom. The number of anilines is 1. The van der Waals surface area contributed by atoms with Crippen LogP contribution in [0.3, 0.4) is 0 Å². The number of nitrogens with zero attached hydrogens (tertiary/aromatic N) is 1. The summed E-state index contributed by atoms with van der Waals surface area (Å²) in [6, 6.07) is 0. The van der Waals surface area contributed by atoms with Gasteiger partial charge in [-0.2, -0.15) is 5.10 Å². The third-order valence-electron chi connectivity index (χ3n) is 2.92. The number of rotatable bonds is 6. The van der Waals surface area contributed by atoms with Gasteiger partial charge in [0.25, 0.3) is 5.91 Å². The summed E-state index contributed by atoms with van der Waals surface area (Å²) < 4.78 is 0. The van der Waals surface area contributed by atoms with Gasteiger partial charge in [-0.15, -0.1) is 0 Å². The Morgan fingerprint density at radius 2 is 2.06 bits per heavy atom. The average Bonchev–Trinajstić information content (AvgIpc) is 2.60. The smallest absolute Gasteiger partial charge is 0.274 e. The fraction of sp³-hybridized carbons (Fsp3) is 0.692. The summed E-state index contributed by atoms with van der Waals surface area (Å²) in [5.74, 6) is -0.204. The minimum atomic E-state index is -0.234. The maximum atomic E-state index is 12.1. The zero-order chi connectivity index (χ0) is 13.8. The number of aromatic amines is 1. The van der Waals surface area contributed by atoms with E-state index in [1.807, 2.05) is 13.8 Å². The SMILES string of the molecule is CCCc1[nH]nc(C(=O)NC(C)(C)CCC)c1N. The molecule has 1 aromatic rings. The van der Waals surface area contributed by atoms with Crippen molar-refractivity contribution in [3.8, 4) is 0 Å². The van der Waals surface area contributed by atoms with E-state index in [2.05, 4.69) is 29.4 Å². The minimum Gasteiger partial charge on any atom is -0.395 e. The molecule has 0 aliphatic rings. The van der Waals surface area contributed by atoms with Gasteiger partial charge in [-0.3, -0.25) is 9.89 Å². The fourth-order valence-electron chi connectivity index (χ4n) is 2.05. The molecule has 0 fully saturated rings. The van der Waals surface area contributed by atoms with Gasteiger partial charge >= 0.3 is 0 Å². The van der Waals surface area contributed by atoms with Crippen molar-refractivity contribution in [2.75, 3.05) is 5.73 Å². The van der Waals surface area contributed by atoms with Crippen LogP contribution in [-0.4, -0.2) is 21.6 Å². The zero-order valence-electron chi connectivity index (χ0n) is 11.8. The first-order valence-corrected chi connectivity index (χ1v) is 6.56. The first kappa shape index (κ1) is 14.5. The number of aromatic nitrogens is 2. The Hall–Kier alpha value is -1.52. The lowest BCUT2D eigenvalue weighted by molar-refractivity contribution is 0.0904. The standard InChI is InChI=1S/C13H24N4O/c1-5-7-9-10(14)11(17-16-9)12(18)15-13(3,4)8-6-2/h5-8,14H2,1-4H3,(H,15,18)(H,16,17). The summed E-state index contributed by atoms with van der Waals surface area (Å²) in [6.07, 6.45) is 3.72.